The van der Waals surface area contributed by atoms with Gasteiger partial charge in [0, 0.05) is 20.5 Å². The molecule has 0 bridgehead atoms. The van der Waals surface area contributed by atoms with Crippen LogP contribution < -0.4 is 10.6 Å². The maximum atomic E-state index is 13.0. The highest BCUT2D eigenvalue weighted by molar-refractivity contribution is 9.10. The maximum Gasteiger partial charge on any atom is 0.436 e. The number of hydrogen-bond donors (Lipinski definition) is 2. The van der Waals surface area contributed by atoms with Crippen molar-refractivity contribution >= 4 is 39.1 Å². The molecule has 0 aliphatic heterocycles. The van der Waals surface area contributed by atoms with Crippen molar-refractivity contribution in [2.75, 3.05) is 10.6 Å². The lowest BCUT2D eigenvalue weighted by atomic mass is 10.3. The van der Waals surface area contributed by atoms with Crippen molar-refractivity contribution in [1.82, 2.24) is 29.3 Å². The summed E-state index contributed by atoms with van der Waals surface area (Å²) < 4.78 is 42.8. The predicted octanol–water partition coefficient (Wildman–Crippen LogP) is 3.03. The van der Waals surface area contributed by atoms with Gasteiger partial charge < -0.3 is 10.6 Å². The molecule has 0 saturated heterocycles. The molecule has 3 aromatic rings. The fourth-order valence-corrected chi connectivity index (χ4v) is 3.45. The normalized spacial score (nSPS) is 11.6. The van der Waals surface area contributed by atoms with Crippen LogP contribution in [0.1, 0.15) is 34.0 Å². The quantitative estimate of drug-likeness (QED) is 0.523. The Labute approximate surface area is 188 Å². The van der Waals surface area contributed by atoms with Crippen LogP contribution in [0, 0.1) is 13.8 Å². The van der Waals surface area contributed by atoms with Crippen LogP contribution >= 0.6 is 15.9 Å². The number of aromatic nitrogens is 6. The topological polar surface area (TPSA) is 112 Å². The summed E-state index contributed by atoms with van der Waals surface area (Å²) in [5, 5.41) is 16.9. The third-order valence-corrected chi connectivity index (χ3v) is 5.81. The number of carbonyl (C=O) groups excluding carboxylic acids is 2. The smallest absolute Gasteiger partial charge is 0.323 e. The summed E-state index contributed by atoms with van der Waals surface area (Å²) in [6.07, 6.45) is -1.95. The summed E-state index contributed by atoms with van der Waals surface area (Å²) >= 11 is 2.89. The van der Waals surface area contributed by atoms with Crippen LogP contribution in [0.4, 0.5) is 24.5 Å². The van der Waals surface area contributed by atoms with E-state index in [1.807, 2.05) is 0 Å². The molecule has 3 rings (SSSR count). The van der Waals surface area contributed by atoms with Gasteiger partial charge in [0.05, 0.1) is 46.2 Å². The second-order valence-corrected chi connectivity index (χ2v) is 7.81. The lowest BCUT2D eigenvalue weighted by Crippen LogP contribution is -2.21. The number of carbonyl (C=O) groups is 2. The largest absolute Gasteiger partial charge is 0.436 e. The highest BCUT2D eigenvalue weighted by Crippen LogP contribution is 2.35. The molecule has 0 aromatic carbocycles. The van der Waals surface area contributed by atoms with Gasteiger partial charge in [-0.15, -0.1) is 0 Å². The minimum Gasteiger partial charge on any atom is -0.323 e. The Kier molecular flexibility index (Phi) is 6.44. The average Bonchev–Trinajstić information content (AvgIpc) is 3.32. The van der Waals surface area contributed by atoms with Crippen molar-refractivity contribution in [1.29, 1.82) is 0 Å². The summed E-state index contributed by atoms with van der Waals surface area (Å²) in [6.45, 7) is 3.17. The summed E-state index contributed by atoms with van der Waals surface area (Å²) in [4.78, 5) is 25.1. The van der Waals surface area contributed by atoms with Crippen LogP contribution in [0.3, 0.4) is 0 Å². The SMILES string of the molecule is Cc1c(NC(=O)c2c(NC(=O)CCn3nc(C(F)(F)F)c(Br)c3C)cnn2C)cnn1C. The van der Waals surface area contributed by atoms with Crippen LogP contribution in [0.15, 0.2) is 16.9 Å². The Balaban J connectivity index is 1.69. The first-order valence-electron chi connectivity index (χ1n) is 9.32. The van der Waals surface area contributed by atoms with E-state index < -0.39 is 23.7 Å². The van der Waals surface area contributed by atoms with Crippen LogP contribution in [0.25, 0.3) is 0 Å². The van der Waals surface area contributed by atoms with E-state index in [9.17, 15) is 22.8 Å². The molecule has 0 fully saturated rings. The predicted molar refractivity (Wildman–Crippen MR) is 112 cm³/mol. The number of nitrogens with one attached hydrogen (secondary N) is 2. The Hall–Kier alpha value is -3.16. The van der Waals surface area contributed by atoms with Gasteiger partial charge in [-0.3, -0.25) is 23.6 Å². The second-order valence-electron chi connectivity index (χ2n) is 7.02. The van der Waals surface area contributed by atoms with E-state index in [0.717, 1.165) is 10.4 Å². The van der Waals surface area contributed by atoms with Gasteiger partial charge in [-0.25, -0.2) is 0 Å². The van der Waals surface area contributed by atoms with Gasteiger partial charge in [-0.05, 0) is 29.8 Å². The van der Waals surface area contributed by atoms with E-state index in [0.29, 0.717) is 5.69 Å². The molecule has 0 aliphatic rings. The van der Waals surface area contributed by atoms with Crippen molar-refractivity contribution in [3.63, 3.8) is 0 Å². The van der Waals surface area contributed by atoms with Crippen molar-refractivity contribution in [3.8, 4) is 0 Å². The first-order valence-corrected chi connectivity index (χ1v) is 10.1. The van der Waals surface area contributed by atoms with Gasteiger partial charge in [-0.1, -0.05) is 0 Å². The zero-order chi connectivity index (χ0) is 23.8. The molecule has 14 heteroatoms. The number of rotatable bonds is 6. The van der Waals surface area contributed by atoms with Gasteiger partial charge in [0.15, 0.2) is 5.69 Å². The number of anilines is 2. The van der Waals surface area contributed by atoms with E-state index in [1.54, 1.807) is 25.7 Å². The van der Waals surface area contributed by atoms with E-state index in [2.05, 4.69) is 41.9 Å². The van der Waals surface area contributed by atoms with E-state index in [4.69, 9.17) is 0 Å². The number of halogens is 4. The Morgan fingerprint density at radius 2 is 1.66 bits per heavy atom. The lowest BCUT2D eigenvalue weighted by Gasteiger charge is -2.09. The Bertz CT molecular complexity index is 1180. The summed E-state index contributed by atoms with van der Waals surface area (Å²) in [5.41, 5.74) is 0.733. The highest BCUT2D eigenvalue weighted by atomic mass is 79.9. The minimum absolute atomic E-state index is 0.0803. The van der Waals surface area contributed by atoms with Crippen LogP contribution in [0.2, 0.25) is 0 Å². The average molecular weight is 517 g/mol. The number of aryl methyl sites for hydroxylation is 3. The molecule has 0 aliphatic carbocycles. The molecule has 0 atom stereocenters. The molecule has 172 valence electrons. The van der Waals surface area contributed by atoms with E-state index in [1.165, 1.54) is 24.0 Å². The van der Waals surface area contributed by atoms with Gasteiger partial charge in [0.25, 0.3) is 5.91 Å². The summed E-state index contributed by atoms with van der Waals surface area (Å²) in [5.74, 6) is -1.01. The molecule has 10 nitrogen and oxygen atoms in total. The molecule has 0 unspecified atom stereocenters. The monoisotopic (exact) mass is 516 g/mol. The van der Waals surface area contributed by atoms with Gasteiger partial charge >= 0.3 is 6.18 Å². The lowest BCUT2D eigenvalue weighted by molar-refractivity contribution is -0.142. The molecular formula is C18H20BrF3N8O2. The number of nitrogens with zero attached hydrogens (tertiary/aromatic N) is 6. The van der Waals surface area contributed by atoms with Gasteiger partial charge in [0.2, 0.25) is 5.91 Å². The number of amides is 2. The van der Waals surface area contributed by atoms with Crippen molar-refractivity contribution in [2.45, 2.75) is 33.0 Å². The third-order valence-electron chi connectivity index (χ3n) is 4.86. The zero-order valence-electron chi connectivity index (χ0n) is 17.6. The first kappa shape index (κ1) is 23.5. The molecule has 3 heterocycles. The second kappa shape index (κ2) is 8.76. The summed E-state index contributed by atoms with van der Waals surface area (Å²) in [6, 6.07) is 0. The fraction of sp³-hybridized carbons (Fsp3) is 0.389. The summed E-state index contributed by atoms with van der Waals surface area (Å²) in [7, 11) is 3.28. The first-order chi connectivity index (χ1) is 14.9. The van der Waals surface area contributed by atoms with Crippen molar-refractivity contribution in [2.24, 2.45) is 14.1 Å². The molecule has 3 aromatic heterocycles. The zero-order valence-corrected chi connectivity index (χ0v) is 19.2. The molecule has 32 heavy (non-hydrogen) atoms. The fourth-order valence-electron chi connectivity index (χ4n) is 2.94. The Morgan fingerprint density at radius 1 is 1.03 bits per heavy atom. The number of alkyl halides is 3. The molecule has 0 spiro atoms. The maximum absolute atomic E-state index is 13.0. The highest BCUT2D eigenvalue weighted by Gasteiger charge is 2.37. The number of hydrogen-bond acceptors (Lipinski definition) is 5. The van der Waals surface area contributed by atoms with Crippen molar-refractivity contribution < 1.29 is 22.8 Å². The molecule has 0 radical (unpaired) electrons. The molecule has 2 amide bonds. The van der Waals surface area contributed by atoms with E-state index in [-0.39, 0.29) is 34.5 Å². The van der Waals surface area contributed by atoms with Gasteiger partial charge in [0.1, 0.15) is 5.69 Å². The molecular weight excluding hydrogens is 497 g/mol. The minimum atomic E-state index is -4.61. The van der Waals surface area contributed by atoms with Crippen LogP contribution in [-0.4, -0.2) is 41.2 Å². The molecule has 0 saturated carbocycles. The Morgan fingerprint density at radius 3 is 2.22 bits per heavy atom. The van der Waals surface area contributed by atoms with Gasteiger partial charge in [-0.2, -0.15) is 28.5 Å². The van der Waals surface area contributed by atoms with E-state index >= 15 is 0 Å². The van der Waals surface area contributed by atoms with Crippen LogP contribution in [-0.2, 0) is 31.6 Å². The third kappa shape index (κ3) is 4.69. The van der Waals surface area contributed by atoms with Crippen LogP contribution in [0.5, 0.6) is 0 Å². The standard InChI is InChI=1S/C18H20BrF3N8O2/c1-9-11(7-23-28(9)3)26-17(32)15-12(8-24-29(15)4)25-13(31)5-6-30-10(2)14(19)16(27-30)18(20,21)22/h7-8H,5-6H2,1-4H3,(H,25,31)(H,26,32). The molecule has 2 N–H and O–H groups in total. The van der Waals surface area contributed by atoms with Crippen molar-refractivity contribution in [3.05, 3.63) is 39.6 Å².